The lowest BCUT2D eigenvalue weighted by atomic mass is 9.77. The largest absolute Gasteiger partial charge is 0.494 e. The molecule has 20 heavy (non-hydrogen) atoms. The molecule has 1 aromatic carbocycles. The molecule has 1 aromatic rings. The summed E-state index contributed by atoms with van der Waals surface area (Å²) in [5.41, 5.74) is -0.344. The Morgan fingerprint density at radius 1 is 1.35 bits per heavy atom. The van der Waals surface area contributed by atoms with Gasteiger partial charge in [0.2, 0.25) is 5.91 Å². The topological polar surface area (TPSA) is 58.6 Å². The van der Waals surface area contributed by atoms with Crippen molar-refractivity contribution in [1.29, 1.82) is 0 Å². The number of hydrogen-bond acceptors (Lipinski definition) is 3. The summed E-state index contributed by atoms with van der Waals surface area (Å²) in [6.07, 6.45) is 3.93. The minimum absolute atomic E-state index is 0.00171. The van der Waals surface area contributed by atoms with E-state index in [2.05, 4.69) is 21.2 Å². The number of carbonyl (C=O) groups is 1. The molecule has 0 heterocycles. The van der Waals surface area contributed by atoms with Crippen molar-refractivity contribution >= 4 is 21.8 Å². The van der Waals surface area contributed by atoms with Crippen molar-refractivity contribution in [3.8, 4) is 5.75 Å². The Morgan fingerprint density at radius 2 is 2.05 bits per heavy atom. The molecule has 0 radical (unpaired) electrons. The molecule has 1 saturated carbocycles. The molecule has 0 aliphatic heterocycles. The Hall–Kier alpha value is -1.07. The zero-order valence-corrected chi connectivity index (χ0v) is 13.0. The number of rotatable bonds is 7. The van der Waals surface area contributed by atoms with Crippen molar-refractivity contribution in [2.45, 2.75) is 37.6 Å². The van der Waals surface area contributed by atoms with Crippen LogP contribution in [0.5, 0.6) is 5.75 Å². The quantitative estimate of drug-likeness (QED) is 0.749. The van der Waals surface area contributed by atoms with E-state index >= 15 is 0 Å². The van der Waals surface area contributed by atoms with Crippen LogP contribution in [0, 0.1) is 0 Å². The van der Waals surface area contributed by atoms with Gasteiger partial charge in [-0.3, -0.25) is 4.79 Å². The van der Waals surface area contributed by atoms with Crippen LogP contribution in [-0.2, 0) is 4.79 Å². The van der Waals surface area contributed by atoms with E-state index in [4.69, 9.17) is 4.74 Å². The van der Waals surface area contributed by atoms with E-state index < -0.39 is 0 Å². The molecule has 1 amide bonds. The van der Waals surface area contributed by atoms with Gasteiger partial charge in [-0.05, 0) is 49.9 Å². The molecule has 0 saturated heterocycles. The predicted octanol–water partition coefficient (Wildman–Crippen LogP) is 2.64. The second kappa shape index (κ2) is 7.09. The second-order valence-electron chi connectivity index (χ2n) is 5.25. The third kappa shape index (κ3) is 4.21. The van der Waals surface area contributed by atoms with Gasteiger partial charge in [-0.25, -0.2) is 0 Å². The molecular formula is C15H20BrNO3. The fourth-order valence-electron chi connectivity index (χ4n) is 2.24. The average Bonchev–Trinajstić information content (AvgIpc) is 2.41. The molecule has 0 unspecified atom stereocenters. The molecule has 1 aliphatic carbocycles. The predicted molar refractivity (Wildman–Crippen MR) is 80.7 cm³/mol. The molecule has 1 fully saturated rings. The molecule has 110 valence electrons. The first-order valence-corrected chi connectivity index (χ1v) is 7.73. The van der Waals surface area contributed by atoms with Crippen molar-refractivity contribution in [2.75, 3.05) is 13.2 Å². The Bertz CT molecular complexity index is 437. The molecule has 4 nitrogen and oxygen atoms in total. The minimum Gasteiger partial charge on any atom is -0.494 e. The van der Waals surface area contributed by atoms with Gasteiger partial charge in [0.15, 0.2) is 0 Å². The number of carbonyl (C=O) groups excluding carboxylic acids is 1. The maximum atomic E-state index is 11.8. The maximum Gasteiger partial charge on any atom is 0.220 e. The van der Waals surface area contributed by atoms with Gasteiger partial charge in [0, 0.05) is 10.9 Å². The van der Waals surface area contributed by atoms with E-state index in [1.54, 1.807) is 0 Å². The molecule has 0 aromatic heterocycles. The lowest BCUT2D eigenvalue weighted by Gasteiger charge is -2.41. The van der Waals surface area contributed by atoms with Crippen LogP contribution < -0.4 is 10.1 Å². The summed E-state index contributed by atoms with van der Waals surface area (Å²) in [7, 11) is 0. The van der Waals surface area contributed by atoms with Crippen molar-refractivity contribution in [2.24, 2.45) is 0 Å². The number of amides is 1. The zero-order valence-electron chi connectivity index (χ0n) is 11.4. The highest BCUT2D eigenvalue weighted by Gasteiger charge is 2.37. The van der Waals surface area contributed by atoms with E-state index in [9.17, 15) is 9.90 Å². The SMILES string of the molecule is O=C(CCCOc1ccc(Br)cc1)NC1(CO)CCC1. The van der Waals surface area contributed by atoms with Gasteiger partial charge < -0.3 is 15.2 Å². The lowest BCUT2D eigenvalue weighted by Crippen LogP contribution is -2.56. The zero-order chi connectivity index (χ0) is 14.4. The standard InChI is InChI=1S/C15H20BrNO3/c16-12-4-6-13(7-5-12)20-10-1-3-14(19)17-15(11-18)8-2-9-15/h4-7,18H,1-3,8-11H2,(H,17,19). The molecule has 5 heteroatoms. The highest BCUT2D eigenvalue weighted by molar-refractivity contribution is 9.10. The van der Waals surface area contributed by atoms with Crippen LogP contribution in [0.15, 0.2) is 28.7 Å². The number of aliphatic hydroxyl groups is 1. The number of nitrogens with one attached hydrogen (secondary N) is 1. The highest BCUT2D eigenvalue weighted by Crippen LogP contribution is 2.31. The summed E-state index contributed by atoms with van der Waals surface area (Å²) in [5.74, 6) is 0.803. The maximum absolute atomic E-state index is 11.8. The number of benzene rings is 1. The summed E-state index contributed by atoms with van der Waals surface area (Å²) in [6, 6.07) is 7.62. The molecule has 0 atom stereocenters. The smallest absolute Gasteiger partial charge is 0.220 e. The molecule has 2 N–H and O–H groups in total. The number of halogens is 1. The molecule has 2 rings (SSSR count). The number of aliphatic hydroxyl groups excluding tert-OH is 1. The fraction of sp³-hybridized carbons (Fsp3) is 0.533. The van der Waals surface area contributed by atoms with Crippen LogP contribution in [0.4, 0.5) is 0 Å². The van der Waals surface area contributed by atoms with E-state index in [-0.39, 0.29) is 18.1 Å². The third-order valence-electron chi connectivity index (χ3n) is 3.65. The minimum atomic E-state index is -0.344. The Morgan fingerprint density at radius 3 is 2.60 bits per heavy atom. The van der Waals surface area contributed by atoms with Gasteiger partial charge in [0.05, 0.1) is 18.8 Å². The van der Waals surface area contributed by atoms with Gasteiger partial charge in [0.25, 0.3) is 0 Å². The van der Waals surface area contributed by atoms with Gasteiger partial charge in [-0.15, -0.1) is 0 Å². The van der Waals surface area contributed by atoms with Crippen molar-refractivity contribution in [3.63, 3.8) is 0 Å². The van der Waals surface area contributed by atoms with Gasteiger partial charge in [-0.2, -0.15) is 0 Å². The highest BCUT2D eigenvalue weighted by atomic mass is 79.9. The second-order valence-corrected chi connectivity index (χ2v) is 6.16. The van der Waals surface area contributed by atoms with Crippen LogP contribution in [-0.4, -0.2) is 29.8 Å². The first-order chi connectivity index (χ1) is 9.63. The van der Waals surface area contributed by atoms with Crippen molar-refractivity contribution in [1.82, 2.24) is 5.32 Å². The van der Waals surface area contributed by atoms with E-state index in [0.29, 0.717) is 19.4 Å². The van der Waals surface area contributed by atoms with Gasteiger partial charge in [0.1, 0.15) is 5.75 Å². The molecule has 1 aliphatic rings. The summed E-state index contributed by atoms with van der Waals surface area (Å²) < 4.78 is 6.57. The molecule has 0 spiro atoms. The van der Waals surface area contributed by atoms with E-state index in [0.717, 1.165) is 29.5 Å². The monoisotopic (exact) mass is 341 g/mol. The first-order valence-electron chi connectivity index (χ1n) is 6.94. The lowest BCUT2D eigenvalue weighted by molar-refractivity contribution is -0.125. The van der Waals surface area contributed by atoms with Crippen LogP contribution in [0.2, 0.25) is 0 Å². The summed E-state index contributed by atoms with van der Waals surface area (Å²) in [6.45, 7) is 0.551. The number of hydrogen-bond donors (Lipinski definition) is 2. The summed E-state index contributed by atoms with van der Waals surface area (Å²) >= 11 is 3.36. The number of ether oxygens (including phenoxy) is 1. The molecule has 0 bridgehead atoms. The van der Waals surface area contributed by atoms with Crippen LogP contribution in [0.3, 0.4) is 0 Å². The Kier molecular flexibility index (Phi) is 5.43. The summed E-state index contributed by atoms with van der Waals surface area (Å²) in [5, 5.41) is 12.2. The third-order valence-corrected chi connectivity index (χ3v) is 4.18. The van der Waals surface area contributed by atoms with E-state index in [1.165, 1.54) is 0 Å². The Labute approximate surface area is 127 Å². The van der Waals surface area contributed by atoms with E-state index in [1.807, 2.05) is 24.3 Å². The van der Waals surface area contributed by atoms with Gasteiger partial charge in [-0.1, -0.05) is 15.9 Å². The van der Waals surface area contributed by atoms with Crippen LogP contribution >= 0.6 is 15.9 Å². The normalized spacial score (nSPS) is 16.3. The van der Waals surface area contributed by atoms with Crippen LogP contribution in [0.25, 0.3) is 0 Å². The molecular weight excluding hydrogens is 322 g/mol. The Balaban J connectivity index is 1.63. The summed E-state index contributed by atoms with van der Waals surface area (Å²) in [4.78, 5) is 11.8. The average molecular weight is 342 g/mol. The van der Waals surface area contributed by atoms with Crippen molar-refractivity contribution < 1.29 is 14.6 Å². The fourth-order valence-corrected chi connectivity index (χ4v) is 2.50. The van der Waals surface area contributed by atoms with Crippen molar-refractivity contribution in [3.05, 3.63) is 28.7 Å². The van der Waals surface area contributed by atoms with Gasteiger partial charge >= 0.3 is 0 Å². The van der Waals surface area contributed by atoms with Crippen LogP contribution in [0.1, 0.15) is 32.1 Å². The first kappa shape index (κ1) is 15.3.